The minimum atomic E-state index is -1.01. The van der Waals surface area contributed by atoms with Gasteiger partial charge >= 0.3 is 0 Å². The van der Waals surface area contributed by atoms with Gasteiger partial charge in [0.2, 0.25) is 11.8 Å². The molecule has 2 saturated heterocycles. The number of fused-ring (bicyclic) bond motifs is 2. The molecule has 2 fully saturated rings. The summed E-state index contributed by atoms with van der Waals surface area (Å²) in [4.78, 5) is 64.5. The molecule has 3 aromatic carbocycles. The molecule has 2 unspecified atom stereocenters. The predicted molar refractivity (Wildman–Crippen MR) is 230 cm³/mol. The van der Waals surface area contributed by atoms with Crippen molar-refractivity contribution in [3.8, 4) is 5.75 Å². The van der Waals surface area contributed by atoms with Crippen molar-refractivity contribution in [2.24, 2.45) is 0 Å². The van der Waals surface area contributed by atoms with Crippen molar-refractivity contribution < 1.29 is 38.1 Å². The zero-order chi connectivity index (χ0) is 42.8. The topological polar surface area (TPSA) is 177 Å². The van der Waals surface area contributed by atoms with E-state index in [0.29, 0.717) is 51.9 Å². The number of hydrogen-bond donors (Lipinski definition) is 3. The molecule has 4 aliphatic rings. The predicted octanol–water partition coefficient (Wildman–Crippen LogP) is 4.10. The lowest BCUT2D eigenvalue weighted by Crippen LogP contribution is -2.54. The number of carbonyl (C=O) groups excluding carboxylic acids is 4. The summed E-state index contributed by atoms with van der Waals surface area (Å²) in [7, 11) is 0. The Morgan fingerprint density at radius 1 is 0.774 bits per heavy atom. The third-order valence-corrected chi connectivity index (χ3v) is 11.9. The average Bonchev–Trinajstić information content (AvgIpc) is 3.83. The lowest BCUT2D eigenvalue weighted by Gasteiger charge is -2.34. The highest BCUT2D eigenvalue weighted by molar-refractivity contribution is 6.31. The number of piperidine rings is 1. The van der Waals surface area contributed by atoms with E-state index in [-0.39, 0.29) is 36.6 Å². The van der Waals surface area contributed by atoms with Gasteiger partial charge in [-0.3, -0.25) is 39.2 Å². The number of nitrogens with one attached hydrogen (secondary N) is 3. The van der Waals surface area contributed by atoms with Crippen LogP contribution >= 0.6 is 11.6 Å². The monoisotopic (exact) mass is 866 g/mol. The molecule has 17 heteroatoms. The maximum Gasteiger partial charge on any atom is 0.262 e. The fraction of sp³-hybridized carbons (Fsp3) is 0.422. The quantitative estimate of drug-likeness (QED) is 0.0855. The Kier molecular flexibility index (Phi) is 14.3. The Bertz CT molecular complexity index is 2240. The maximum absolute atomic E-state index is 13.0. The van der Waals surface area contributed by atoms with Crippen LogP contribution in [0.15, 0.2) is 73.1 Å². The van der Waals surface area contributed by atoms with Crippen molar-refractivity contribution in [1.29, 1.82) is 0 Å². The zero-order valence-electron chi connectivity index (χ0n) is 34.5. The summed E-state index contributed by atoms with van der Waals surface area (Å²) < 4.78 is 22.8. The SMILES string of the molecule is O=C1CCC(N2C(=O)c3ccc(OCCOCCOCCOCCN4CCN(Cc5ccc(C6Cc7c(NCc8ccccc8Cl)ncnc7N6)cc5)CC4)cc3C2=O)C(=O)N1. The maximum atomic E-state index is 13.0. The van der Waals surface area contributed by atoms with E-state index >= 15 is 0 Å². The van der Waals surface area contributed by atoms with Gasteiger partial charge in [-0.1, -0.05) is 54.1 Å². The number of amides is 4. The Labute approximate surface area is 365 Å². The highest BCUT2D eigenvalue weighted by Gasteiger charge is 2.44. The fourth-order valence-corrected chi connectivity index (χ4v) is 8.31. The molecule has 0 aliphatic carbocycles. The van der Waals surface area contributed by atoms with Crippen LogP contribution in [0.3, 0.4) is 0 Å². The van der Waals surface area contributed by atoms with Crippen LogP contribution in [0.2, 0.25) is 5.02 Å². The van der Waals surface area contributed by atoms with E-state index in [0.717, 1.165) is 78.4 Å². The first-order valence-corrected chi connectivity index (χ1v) is 21.5. The summed E-state index contributed by atoms with van der Waals surface area (Å²) in [6, 6.07) is 20.5. The molecular weight excluding hydrogens is 816 g/mol. The van der Waals surface area contributed by atoms with Crippen molar-refractivity contribution in [3.63, 3.8) is 0 Å². The van der Waals surface area contributed by atoms with E-state index < -0.39 is 29.7 Å². The number of halogens is 1. The van der Waals surface area contributed by atoms with Gasteiger partial charge in [0, 0.05) is 69.2 Å². The molecule has 16 nitrogen and oxygen atoms in total. The lowest BCUT2D eigenvalue weighted by molar-refractivity contribution is -0.136. The molecular formula is C45H51ClN8O8. The summed E-state index contributed by atoms with van der Waals surface area (Å²) in [5.74, 6) is -0.0756. The summed E-state index contributed by atoms with van der Waals surface area (Å²) in [5.41, 5.74) is 5.02. The van der Waals surface area contributed by atoms with Crippen LogP contribution in [0.5, 0.6) is 5.75 Å². The van der Waals surface area contributed by atoms with E-state index in [4.69, 9.17) is 30.5 Å². The minimum Gasteiger partial charge on any atom is -0.491 e. The van der Waals surface area contributed by atoms with Gasteiger partial charge in [0.25, 0.3) is 11.8 Å². The molecule has 1 aromatic heterocycles. The fourth-order valence-electron chi connectivity index (χ4n) is 8.10. The zero-order valence-corrected chi connectivity index (χ0v) is 35.2. The van der Waals surface area contributed by atoms with E-state index in [9.17, 15) is 19.2 Å². The minimum absolute atomic E-state index is 0.0665. The molecule has 4 amide bonds. The van der Waals surface area contributed by atoms with E-state index in [1.54, 1.807) is 12.4 Å². The Morgan fingerprint density at radius 3 is 2.24 bits per heavy atom. The summed E-state index contributed by atoms with van der Waals surface area (Å²) in [6.07, 6.45) is 2.57. The third-order valence-electron chi connectivity index (χ3n) is 11.5. The molecule has 0 radical (unpaired) electrons. The molecule has 2 atom stereocenters. The molecule has 0 bridgehead atoms. The Morgan fingerprint density at radius 2 is 1.48 bits per heavy atom. The number of piperazine rings is 1. The average molecular weight is 867 g/mol. The molecule has 0 saturated carbocycles. The second-order valence-electron chi connectivity index (χ2n) is 15.6. The van der Waals surface area contributed by atoms with Crippen LogP contribution in [-0.2, 0) is 43.3 Å². The number of aromatic nitrogens is 2. The third kappa shape index (κ3) is 10.6. The van der Waals surface area contributed by atoms with Gasteiger partial charge in [-0.05, 0) is 47.4 Å². The van der Waals surface area contributed by atoms with Crippen LogP contribution in [0.4, 0.5) is 11.6 Å². The van der Waals surface area contributed by atoms with Gasteiger partial charge in [-0.15, -0.1) is 0 Å². The number of rotatable bonds is 20. The molecule has 8 rings (SSSR count). The van der Waals surface area contributed by atoms with Crippen molar-refractivity contribution in [1.82, 2.24) is 30.0 Å². The molecule has 62 heavy (non-hydrogen) atoms. The van der Waals surface area contributed by atoms with Gasteiger partial charge in [0.05, 0.1) is 56.8 Å². The van der Waals surface area contributed by atoms with Crippen molar-refractivity contribution in [2.45, 2.75) is 44.4 Å². The number of hydrogen-bond acceptors (Lipinski definition) is 14. The second kappa shape index (κ2) is 20.6. The first kappa shape index (κ1) is 43.2. The first-order chi connectivity index (χ1) is 30.3. The lowest BCUT2D eigenvalue weighted by atomic mass is 10.0. The number of benzene rings is 3. The van der Waals surface area contributed by atoms with Crippen LogP contribution < -0.4 is 20.7 Å². The molecule has 3 N–H and O–H groups in total. The molecule has 0 spiro atoms. The van der Waals surface area contributed by atoms with Crippen LogP contribution in [0, 0.1) is 0 Å². The molecule has 4 aliphatic heterocycles. The van der Waals surface area contributed by atoms with E-state index in [1.807, 2.05) is 24.3 Å². The summed E-state index contributed by atoms with van der Waals surface area (Å²) in [5, 5.41) is 9.96. The molecule has 4 aromatic rings. The van der Waals surface area contributed by atoms with Crippen molar-refractivity contribution in [3.05, 3.63) is 111 Å². The number of anilines is 2. The first-order valence-electron chi connectivity index (χ1n) is 21.1. The Balaban J connectivity index is 0.642. The summed E-state index contributed by atoms with van der Waals surface area (Å²) >= 11 is 6.36. The van der Waals surface area contributed by atoms with Crippen molar-refractivity contribution in [2.75, 3.05) is 89.6 Å². The van der Waals surface area contributed by atoms with Gasteiger partial charge in [0.15, 0.2) is 0 Å². The number of nitrogens with zero attached hydrogens (tertiary/aromatic N) is 5. The highest BCUT2D eigenvalue weighted by Crippen LogP contribution is 2.36. The summed E-state index contributed by atoms with van der Waals surface area (Å²) in [6.45, 7) is 9.44. The van der Waals surface area contributed by atoms with Gasteiger partial charge < -0.3 is 29.6 Å². The highest BCUT2D eigenvalue weighted by atomic mass is 35.5. The van der Waals surface area contributed by atoms with Crippen LogP contribution in [0.1, 0.15) is 61.9 Å². The second-order valence-corrected chi connectivity index (χ2v) is 16.0. The van der Waals surface area contributed by atoms with E-state index in [1.165, 1.54) is 23.3 Å². The van der Waals surface area contributed by atoms with Gasteiger partial charge in [0.1, 0.15) is 36.4 Å². The van der Waals surface area contributed by atoms with Crippen LogP contribution in [-0.4, -0.2) is 133 Å². The Hall–Kier alpha value is -5.49. The smallest absolute Gasteiger partial charge is 0.262 e. The van der Waals surface area contributed by atoms with Crippen molar-refractivity contribution >= 4 is 46.9 Å². The van der Waals surface area contributed by atoms with Crippen LogP contribution in [0.25, 0.3) is 0 Å². The number of imide groups is 2. The van der Waals surface area contributed by atoms with Gasteiger partial charge in [-0.25, -0.2) is 9.97 Å². The number of carbonyl (C=O) groups is 4. The largest absolute Gasteiger partial charge is 0.491 e. The molecule has 5 heterocycles. The van der Waals surface area contributed by atoms with Gasteiger partial charge in [-0.2, -0.15) is 0 Å². The normalized spacial score (nSPS) is 19.0. The van der Waals surface area contributed by atoms with E-state index in [2.05, 4.69) is 60.0 Å². The molecule has 326 valence electrons. The number of ether oxygens (including phenoxy) is 4. The standard InChI is InChI=1S/C45H51ClN8O8/c46-37-4-2-1-3-32(37)27-47-41-36-26-38(50-42(36)49-29-48-41)31-7-5-30(6-8-31)28-53-15-13-52(14-16-53)17-18-59-19-20-60-21-22-61-23-24-62-33-9-10-34-35(25-33)45(58)54(44(34)57)39-11-12-40(55)51-43(39)56/h1-10,25,29,38-39H,11-24,26-28H2,(H,51,55,56)(H2,47,48,49,50).